The molecule has 0 heterocycles. The zero-order chi connectivity index (χ0) is 21.8. The lowest BCUT2D eigenvalue weighted by Gasteiger charge is -2.21. The fourth-order valence-corrected chi connectivity index (χ4v) is 3.46. The van der Waals surface area contributed by atoms with Crippen molar-refractivity contribution in [3.63, 3.8) is 0 Å². The van der Waals surface area contributed by atoms with Crippen molar-refractivity contribution in [1.29, 1.82) is 0 Å². The minimum absolute atomic E-state index is 0.0526. The fourth-order valence-electron chi connectivity index (χ4n) is 2.64. The standard InChI is InChI=1S/C22H27N3O4S/c1-2-25(18-20-11-7-4-8-12-20)22(27)17-23-21(26)13-15-24-30(28,29)16-14-19-9-5-3-6-10-19/h3-12,14,16,24H,2,13,15,17-18H2,1H3,(H,23,26)/b16-14+. The lowest BCUT2D eigenvalue weighted by atomic mass is 10.2. The molecule has 0 saturated heterocycles. The summed E-state index contributed by atoms with van der Waals surface area (Å²) in [6, 6.07) is 18.6. The normalized spacial score (nSPS) is 11.4. The molecule has 2 aromatic carbocycles. The van der Waals surface area contributed by atoms with Gasteiger partial charge in [0.2, 0.25) is 21.8 Å². The Kier molecular flexibility index (Phi) is 9.24. The molecule has 0 radical (unpaired) electrons. The van der Waals surface area contributed by atoms with Crippen LogP contribution in [-0.2, 0) is 26.2 Å². The highest BCUT2D eigenvalue weighted by Crippen LogP contribution is 2.04. The van der Waals surface area contributed by atoms with E-state index in [1.807, 2.05) is 55.5 Å². The highest BCUT2D eigenvalue weighted by atomic mass is 32.2. The molecular weight excluding hydrogens is 402 g/mol. The molecule has 7 nitrogen and oxygen atoms in total. The van der Waals surface area contributed by atoms with Crippen LogP contribution in [0.15, 0.2) is 66.1 Å². The van der Waals surface area contributed by atoms with Gasteiger partial charge in [-0.2, -0.15) is 0 Å². The van der Waals surface area contributed by atoms with E-state index in [4.69, 9.17) is 0 Å². The Bertz CT molecular complexity index is 945. The molecule has 0 unspecified atom stereocenters. The lowest BCUT2D eigenvalue weighted by molar-refractivity contribution is -0.133. The first-order valence-corrected chi connectivity index (χ1v) is 11.3. The van der Waals surface area contributed by atoms with Gasteiger partial charge in [-0.25, -0.2) is 13.1 Å². The van der Waals surface area contributed by atoms with Gasteiger partial charge in [0.05, 0.1) is 6.54 Å². The predicted octanol–water partition coefficient (Wildman–Crippen LogP) is 2.13. The monoisotopic (exact) mass is 429 g/mol. The van der Waals surface area contributed by atoms with E-state index in [0.29, 0.717) is 13.1 Å². The number of hydrogen-bond donors (Lipinski definition) is 2. The van der Waals surface area contributed by atoms with Crippen molar-refractivity contribution in [1.82, 2.24) is 14.9 Å². The maximum Gasteiger partial charge on any atom is 0.242 e. The summed E-state index contributed by atoms with van der Waals surface area (Å²) in [6.07, 6.45) is 1.42. The highest BCUT2D eigenvalue weighted by Gasteiger charge is 2.14. The first-order valence-electron chi connectivity index (χ1n) is 9.71. The molecule has 0 spiro atoms. The first-order chi connectivity index (χ1) is 14.4. The SMILES string of the molecule is CCN(Cc1ccccc1)C(=O)CNC(=O)CCNS(=O)(=O)/C=C/c1ccccc1. The van der Waals surface area contributed by atoms with E-state index >= 15 is 0 Å². The summed E-state index contributed by atoms with van der Waals surface area (Å²) in [5.41, 5.74) is 1.77. The van der Waals surface area contributed by atoms with E-state index in [-0.39, 0.29) is 25.4 Å². The molecule has 0 saturated carbocycles. The molecule has 0 bridgehead atoms. The van der Waals surface area contributed by atoms with E-state index in [0.717, 1.165) is 16.5 Å². The van der Waals surface area contributed by atoms with Crippen LogP contribution < -0.4 is 10.0 Å². The lowest BCUT2D eigenvalue weighted by Crippen LogP contribution is -2.40. The topological polar surface area (TPSA) is 95.6 Å². The molecule has 8 heteroatoms. The number of carbonyl (C=O) groups excluding carboxylic acids is 2. The third-order valence-electron chi connectivity index (χ3n) is 4.28. The molecule has 0 atom stereocenters. The Balaban J connectivity index is 1.72. The second-order valence-electron chi connectivity index (χ2n) is 6.57. The first kappa shape index (κ1) is 23.3. The Hall–Kier alpha value is -2.97. The van der Waals surface area contributed by atoms with Crippen LogP contribution in [0.25, 0.3) is 6.08 Å². The minimum atomic E-state index is -3.64. The summed E-state index contributed by atoms with van der Waals surface area (Å²) in [5.74, 6) is -0.588. The number of nitrogens with zero attached hydrogens (tertiary/aromatic N) is 1. The van der Waals surface area contributed by atoms with Crippen molar-refractivity contribution >= 4 is 27.9 Å². The summed E-state index contributed by atoms with van der Waals surface area (Å²) in [5, 5.41) is 3.61. The Morgan fingerprint density at radius 1 is 1.00 bits per heavy atom. The highest BCUT2D eigenvalue weighted by molar-refractivity contribution is 7.92. The summed E-state index contributed by atoms with van der Waals surface area (Å²) >= 11 is 0. The molecule has 2 amide bonds. The van der Waals surface area contributed by atoms with Crippen molar-refractivity contribution in [2.24, 2.45) is 0 Å². The van der Waals surface area contributed by atoms with Gasteiger partial charge in [0.25, 0.3) is 0 Å². The van der Waals surface area contributed by atoms with Crippen LogP contribution in [0.3, 0.4) is 0 Å². The molecule has 30 heavy (non-hydrogen) atoms. The van der Waals surface area contributed by atoms with E-state index < -0.39 is 15.9 Å². The van der Waals surface area contributed by atoms with Crippen LogP contribution in [0, 0.1) is 0 Å². The number of carbonyl (C=O) groups is 2. The molecule has 0 aliphatic carbocycles. The molecule has 0 aromatic heterocycles. The number of amides is 2. The number of rotatable bonds is 11. The number of likely N-dealkylation sites (N-methyl/N-ethyl adjacent to an activating group) is 1. The largest absolute Gasteiger partial charge is 0.347 e. The van der Waals surface area contributed by atoms with Gasteiger partial charge in [0, 0.05) is 31.5 Å². The Labute approximate surface area is 177 Å². The van der Waals surface area contributed by atoms with Gasteiger partial charge in [-0.05, 0) is 24.1 Å². The van der Waals surface area contributed by atoms with E-state index in [1.54, 1.807) is 17.0 Å². The maximum atomic E-state index is 12.3. The third-order valence-corrected chi connectivity index (χ3v) is 5.38. The van der Waals surface area contributed by atoms with Crippen molar-refractivity contribution in [3.05, 3.63) is 77.2 Å². The van der Waals surface area contributed by atoms with Gasteiger partial charge in [-0.15, -0.1) is 0 Å². The molecule has 2 aromatic rings. The Morgan fingerprint density at radius 2 is 1.63 bits per heavy atom. The number of hydrogen-bond acceptors (Lipinski definition) is 4. The second-order valence-corrected chi connectivity index (χ2v) is 8.22. The summed E-state index contributed by atoms with van der Waals surface area (Å²) in [7, 11) is -3.64. The maximum absolute atomic E-state index is 12.3. The van der Waals surface area contributed by atoms with Gasteiger partial charge >= 0.3 is 0 Å². The molecule has 0 aliphatic heterocycles. The molecule has 160 valence electrons. The van der Waals surface area contributed by atoms with Crippen LogP contribution in [0.1, 0.15) is 24.5 Å². The van der Waals surface area contributed by atoms with Crippen LogP contribution in [0.2, 0.25) is 0 Å². The van der Waals surface area contributed by atoms with Crippen LogP contribution >= 0.6 is 0 Å². The van der Waals surface area contributed by atoms with Gasteiger partial charge in [0.1, 0.15) is 0 Å². The number of nitrogens with one attached hydrogen (secondary N) is 2. The minimum Gasteiger partial charge on any atom is -0.347 e. The number of benzene rings is 2. The van der Waals surface area contributed by atoms with E-state index in [9.17, 15) is 18.0 Å². The van der Waals surface area contributed by atoms with Crippen LogP contribution in [-0.4, -0.2) is 44.8 Å². The van der Waals surface area contributed by atoms with E-state index in [2.05, 4.69) is 10.0 Å². The van der Waals surface area contributed by atoms with Crippen molar-refractivity contribution < 1.29 is 18.0 Å². The number of sulfonamides is 1. The van der Waals surface area contributed by atoms with Crippen LogP contribution in [0.5, 0.6) is 0 Å². The smallest absolute Gasteiger partial charge is 0.242 e. The molecule has 0 aliphatic rings. The summed E-state index contributed by atoms with van der Waals surface area (Å²) in [4.78, 5) is 25.9. The fraction of sp³-hybridized carbons (Fsp3) is 0.273. The van der Waals surface area contributed by atoms with Crippen LogP contribution in [0.4, 0.5) is 0 Å². The van der Waals surface area contributed by atoms with E-state index in [1.165, 1.54) is 6.08 Å². The molecule has 0 fully saturated rings. The third kappa shape index (κ3) is 8.59. The zero-order valence-corrected chi connectivity index (χ0v) is 17.8. The average Bonchev–Trinajstić information content (AvgIpc) is 2.76. The Morgan fingerprint density at radius 3 is 2.27 bits per heavy atom. The van der Waals surface area contributed by atoms with Crippen molar-refractivity contribution in [2.45, 2.75) is 19.9 Å². The quantitative estimate of drug-likeness (QED) is 0.572. The van der Waals surface area contributed by atoms with Gasteiger partial charge < -0.3 is 10.2 Å². The van der Waals surface area contributed by atoms with Gasteiger partial charge in [-0.3, -0.25) is 9.59 Å². The molecule has 2 rings (SSSR count). The summed E-state index contributed by atoms with van der Waals surface area (Å²) < 4.78 is 26.3. The van der Waals surface area contributed by atoms with Crippen molar-refractivity contribution in [2.75, 3.05) is 19.6 Å². The molecule has 2 N–H and O–H groups in total. The second kappa shape index (κ2) is 11.9. The zero-order valence-electron chi connectivity index (χ0n) is 17.0. The average molecular weight is 430 g/mol. The predicted molar refractivity (Wildman–Crippen MR) is 118 cm³/mol. The summed E-state index contributed by atoms with van der Waals surface area (Å²) in [6.45, 7) is 2.69. The van der Waals surface area contributed by atoms with Gasteiger partial charge in [0.15, 0.2) is 0 Å². The van der Waals surface area contributed by atoms with Crippen molar-refractivity contribution in [3.8, 4) is 0 Å². The molecular formula is C22H27N3O4S. The van der Waals surface area contributed by atoms with Gasteiger partial charge in [-0.1, -0.05) is 60.7 Å².